The van der Waals surface area contributed by atoms with Crippen LogP contribution in [0, 0.1) is 28.6 Å². The van der Waals surface area contributed by atoms with Crippen LogP contribution in [-0.4, -0.2) is 34.4 Å². The summed E-state index contributed by atoms with van der Waals surface area (Å²) in [7, 11) is 0. The minimum absolute atomic E-state index is 0.0363. The fourth-order valence-corrected chi connectivity index (χ4v) is 9.03. The number of aliphatic hydroxyl groups is 2. The first-order valence-electron chi connectivity index (χ1n) is 13.4. The normalized spacial score (nSPS) is 40.2. The first-order chi connectivity index (χ1) is 16.7. The lowest BCUT2D eigenvalue weighted by molar-refractivity contribution is -0.0459. The van der Waals surface area contributed by atoms with Crippen molar-refractivity contribution in [1.29, 1.82) is 0 Å². The van der Waals surface area contributed by atoms with Crippen molar-refractivity contribution < 1.29 is 15.0 Å². The first kappa shape index (κ1) is 25.2. The lowest BCUT2D eigenvalue weighted by Crippen LogP contribution is -2.50. The number of nitrogens with one attached hydrogen (secondary N) is 1. The van der Waals surface area contributed by atoms with Crippen LogP contribution in [0.25, 0.3) is 0 Å². The molecule has 3 saturated carbocycles. The van der Waals surface area contributed by atoms with Crippen LogP contribution in [0.15, 0.2) is 53.0 Å². The van der Waals surface area contributed by atoms with E-state index in [9.17, 15) is 15.0 Å². The predicted molar refractivity (Wildman–Crippen MR) is 143 cm³/mol. The highest BCUT2D eigenvalue weighted by atomic mass is 79.9. The number of carbonyl (C=O) groups is 1. The van der Waals surface area contributed by atoms with Gasteiger partial charge in [-0.1, -0.05) is 46.6 Å². The smallest absolute Gasteiger partial charge is 0.251 e. The number of carbonyl (C=O) groups excluding carboxylic acids is 1. The zero-order valence-corrected chi connectivity index (χ0v) is 22.5. The van der Waals surface area contributed by atoms with Gasteiger partial charge in [-0.05, 0) is 111 Å². The molecule has 4 nitrogen and oxygen atoms in total. The number of rotatable bonds is 6. The molecule has 5 heteroatoms. The van der Waals surface area contributed by atoms with Crippen LogP contribution in [-0.2, 0) is 0 Å². The van der Waals surface area contributed by atoms with Crippen LogP contribution in [0.3, 0.4) is 0 Å². The Morgan fingerprint density at radius 1 is 1.29 bits per heavy atom. The molecule has 3 fully saturated rings. The molecule has 0 unspecified atom stereocenters. The summed E-state index contributed by atoms with van der Waals surface area (Å²) in [6.07, 6.45) is 13.5. The van der Waals surface area contributed by atoms with E-state index in [-0.39, 0.29) is 22.8 Å². The second-order valence-corrected chi connectivity index (χ2v) is 13.1. The van der Waals surface area contributed by atoms with Crippen LogP contribution in [0.1, 0.15) is 81.5 Å². The zero-order valence-electron chi connectivity index (χ0n) is 20.9. The van der Waals surface area contributed by atoms with Crippen LogP contribution in [0.2, 0.25) is 0 Å². The van der Waals surface area contributed by atoms with Crippen molar-refractivity contribution in [2.45, 2.75) is 82.8 Å². The first-order valence-corrected chi connectivity index (χ1v) is 14.2. The third kappa shape index (κ3) is 4.57. The van der Waals surface area contributed by atoms with Crippen LogP contribution >= 0.6 is 15.9 Å². The fraction of sp³-hybridized carbons (Fsp3) is 0.633. The van der Waals surface area contributed by atoms with Crippen molar-refractivity contribution >= 4 is 21.8 Å². The third-order valence-corrected chi connectivity index (χ3v) is 10.7. The third-order valence-electron chi connectivity index (χ3n) is 10.2. The molecule has 0 heterocycles. The van der Waals surface area contributed by atoms with Crippen molar-refractivity contribution in [3.05, 3.63) is 58.6 Å². The standard InChI is InChI=1S/C30H40BrNO3/c1-3-11-30(35)18-26-24-8-7-21-17-23(33)9-12-28(21,2)25(24)10-13-29(26,19-30)14-15-32-27(34)20-5-4-6-22(31)16-20/h3-7,16,23-26,33,35H,1,8-15,17-19H2,2H3,(H,32,34)/t23-,24+,25-,26-,28-,29-,30-/m0/s1. The highest BCUT2D eigenvalue weighted by molar-refractivity contribution is 9.10. The Hall–Kier alpha value is -1.43. The van der Waals surface area contributed by atoms with Gasteiger partial charge in [-0.15, -0.1) is 6.58 Å². The Bertz CT molecular complexity index is 1020. The highest BCUT2D eigenvalue weighted by Crippen LogP contribution is 2.67. The molecule has 0 aliphatic heterocycles. The van der Waals surface area contributed by atoms with Gasteiger partial charge in [0, 0.05) is 16.6 Å². The highest BCUT2D eigenvalue weighted by Gasteiger charge is 2.61. The molecule has 0 aromatic heterocycles. The summed E-state index contributed by atoms with van der Waals surface area (Å²) in [6.45, 7) is 7.01. The van der Waals surface area contributed by atoms with Gasteiger partial charge in [0.15, 0.2) is 0 Å². The molecular formula is C30H40BrNO3. The average molecular weight is 543 g/mol. The van der Waals surface area contributed by atoms with Gasteiger partial charge in [-0.2, -0.15) is 0 Å². The summed E-state index contributed by atoms with van der Waals surface area (Å²) in [4.78, 5) is 12.8. The van der Waals surface area contributed by atoms with E-state index >= 15 is 0 Å². The van der Waals surface area contributed by atoms with E-state index < -0.39 is 5.60 Å². The van der Waals surface area contributed by atoms with E-state index in [4.69, 9.17) is 0 Å². The van der Waals surface area contributed by atoms with Crippen molar-refractivity contribution in [3.63, 3.8) is 0 Å². The second-order valence-electron chi connectivity index (χ2n) is 12.2. The molecule has 0 radical (unpaired) electrons. The predicted octanol–water partition coefficient (Wildman–Crippen LogP) is 6.18. The van der Waals surface area contributed by atoms with Gasteiger partial charge < -0.3 is 15.5 Å². The zero-order chi connectivity index (χ0) is 24.8. The molecule has 190 valence electrons. The lowest BCUT2D eigenvalue weighted by atomic mass is 9.47. The van der Waals surface area contributed by atoms with Crippen LogP contribution in [0.4, 0.5) is 0 Å². The van der Waals surface area contributed by atoms with E-state index in [0.29, 0.717) is 36.3 Å². The molecule has 0 spiro atoms. The van der Waals surface area contributed by atoms with Crippen molar-refractivity contribution in [3.8, 4) is 0 Å². The van der Waals surface area contributed by atoms with Crippen molar-refractivity contribution in [1.82, 2.24) is 5.32 Å². The Morgan fingerprint density at radius 2 is 2.11 bits per heavy atom. The number of amides is 1. The molecule has 4 aliphatic rings. The molecule has 1 aromatic rings. The van der Waals surface area contributed by atoms with Gasteiger partial charge in [-0.25, -0.2) is 0 Å². The molecule has 35 heavy (non-hydrogen) atoms. The second kappa shape index (κ2) is 9.46. The Labute approximate surface area is 218 Å². The summed E-state index contributed by atoms with van der Waals surface area (Å²) in [5, 5.41) is 25.1. The summed E-state index contributed by atoms with van der Waals surface area (Å²) in [6, 6.07) is 7.51. The summed E-state index contributed by atoms with van der Waals surface area (Å²) >= 11 is 3.45. The number of benzene rings is 1. The molecule has 1 amide bonds. The molecule has 5 rings (SSSR count). The van der Waals surface area contributed by atoms with Gasteiger partial charge in [0.1, 0.15) is 0 Å². The van der Waals surface area contributed by atoms with Gasteiger partial charge >= 0.3 is 0 Å². The summed E-state index contributed by atoms with van der Waals surface area (Å²) in [5.74, 6) is 1.60. The maximum Gasteiger partial charge on any atom is 0.251 e. The lowest BCUT2D eigenvalue weighted by Gasteiger charge is -2.57. The van der Waals surface area contributed by atoms with E-state index in [1.54, 1.807) is 0 Å². The van der Waals surface area contributed by atoms with Crippen LogP contribution < -0.4 is 5.32 Å². The number of halogens is 1. The maximum atomic E-state index is 12.8. The van der Waals surface area contributed by atoms with Gasteiger partial charge in [-0.3, -0.25) is 4.79 Å². The fourth-order valence-electron chi connectivity index (χ4n) is 8.63. The van der Waals surface area contributed by atoms with Gasteiger partial charge in [0.05, 0.1) is 11.7 Å². The van der Waals surface area contributed by atoms with Crippen molar-refractivity contribution in [2.24, 2.45) is 28.6 Å². The van der Waals surface area contributed by atoms with E-state index in [2.05, 4.69) is 40.8 Å². The van der Waals surface area contributed by atoms with Gasteiger partial charge in [0.2, 0.25) is 0 Å². The molecule has 0 saturated heterocycles. The molecule has 4 aliphatic carbocycles. The number of fused-ring (bicyclic) bond motifs is 5. The molecular weight excluding hydrogens is 502 g/mol. The summed E-state index contributed by atoms with van der Waals surface area (Å²) < 4.78 is 0.904. The summed E-state index contributed by atoms with van der Waals surface area (Å²) in [5.41, 5.74) is 1.69. The molecule has 3 N–H and O–H groups in total. The maximum absolute atomic E-state index is 12.8. The molecule has 7 atom stereocenters. The Morgan fingerprint density at radius 3 is 2.89 bits per heavy atom. The monoisotopic (exact) mass is 541 g/mol. The minimum Gasteiger partial charge on any atom is -0.393 e. The number of aliphatic hydroxyl groups excluding tert-OH is 1. The van der Waals surface area contributed by atoms with Gasteiger partial charge in [0.25, 0.3) is 5.91 Å². The molecule has 0 bridgehead atoms. The van der Waals surface area contributed by atoms with E-state index in [0.717, 1.165) is 55.8 Å². The van der Waals surface area contributed by atoms with E-state index in [1.165, 1.54) is 12.0 Å². The number of hydrogen-bond acceptors (Lipinski definition) is 3. The Kier molecular flexibility index (Phi) is 6.82. The average Bonchev–Trinajstić information content (AvgIpc) is 3.12. The number of hydrogen-bond donors (Lipinski definition) is 3. The van der Waals surface area contributed by atoms with E-state index in [1.807, 2.05) is 30.3 Å². The minimum atomic E-state index is -0.691. The van der Waals surface area contributed by atoms with Crippen LogP contribution in [0.5, 0.6) is 0 Å². The SMILES string of the molecule is C=CC[C@]1(O)C[C@H]2[C@@H]3CC=C4C[C@@H](O)CC[C@]4(C)[C@H]3CC[C@]2(CCNC(=O)c2cccc(Br)c2)C1. The largest absolute Gasteiger partial charge is 0.393 e. The molecule has 1 aromatic carbocycles. The van der Waals surface area contributed by atoms with Crippen molar-refractivity contribution in [2.75, 3.05) is 6.54 Å². The Balaban J connectivity index is 1.36. The quantitative estimate of drug-likeness (QED) is 0.376. The number of allylic oxidation sites excluding steroid dienone is 1. The topological polar surface area (TPSA) is 69.6 Å².